The molecule has 6 nitrogen and oxygen atoms in total. The highest BCUT2D eigenvalue weighted by Gasteiger charge is 2.43. The number of ether oxygens (including phenoxy) is 1. The van der Waals surface area contributed by atoms with Crippen LogP contribution in [0, 0.1) is 0 Å². The van der Waals surface area contributed by atoms with Crippen molar-refractivity contribution in [2.45, 2.75) is 25.5 Å². The molecule has 0 aliphatic carbocycles. The van der Waals surface area contributed by atoms with Crippen molar-refractivity contribution in [1.29, 1.82) is 0 Å². The summed E-state index contributed by atoms with van der Waals surface area (Å²) in [5, 5.41) is 7.32. The van der Waals surface area contributed by atoms with Gasteiger partial charge in [-0.3, -0.25) is 4.79 Å². The van der Waals surface area contributed by atoms with Crippen LogP contribution in [-0.2, 0) is 15.1 Å². The van der Waals surface area contributed by atoms with E-state index in [9.17, 15) is 4.79 Å². The summed E-state index contributed by atoms with van der Waals surface area (Å²) in [7, 11) is 0. The molecule has 0 aliphatic heterocycles. The fraction of sp³-hybridized carbons (Fsp3) is 0.227. The fourth-order valence-corrected chi connectivity index (χ4v) is 4.07. The molecule has 1 N–H and O–H groups in total. The van der Waals surface area contributed by atoms with Gasteiger partial charge in [0.1, 0.15) is 5.51 Å². The van der Waals surface area contributed by atoms with Crippen LogP contribution < -0.4 is 5.32 Å². The lowest BCUT2D eigenvalue weighted by Crippen LogP contribution is -2.48. The zero-order chi connectivity index (χ0) is 20.3. The Bertz CT molecular complexity index is 1020. The quantitative estimate of drug-likeness (QED) is 0.505. The van der Waals surface area contributed by atoms with Crippen molar-refractivity contribution in [2.75, 3.05) is 6.61 Å². The third-order valence-corrected chi connectivity index (χ3v) is 5.53. The summed E-state index contributed by atoms with van der Waals surface area (Å²) in [5.41, 5.74) is 2.81. The van der Waals surface area contributed by atoms with Gasteiger partial charge in [-0.25, -0.2) is 9.50 Å². The summed E-state index contributed by atoms with van der Waals surface area (Å²) in [4.78, 5) is 19.1. The van der Waals surface area contributed by atoms with E-state index in [1.54, 1.807) is 10.0 Å². The van der Waals surface area contributed by atoms with Crippen LogP contribution in [0.2, 0.25) is 0 Å². The van der Waals surface area contributed by atoms with Crippen molar-refractivity contribution >= 4 is 22.2 Å². The lowest BCUT2D eigenvalue weighted by molar-refractivity contribution is -0.143. The van der Waals surface area contributed by atoms with Crippen LogP contribution in [0.15, 0.2) is 72.4 Å². The number of hydrogen-bond donors (Lipinski definition) is 1. The minimum absolute atomic E-state index is 0.228. The number of amides is 1. The van der Waals surface area contributed by atoms with E-state index in [-0.39, 0.29) is 11.9 Å². The molecule has 4 rings (SSSR count). The standard InChI is InChI=1S/C22H22N4O2S/c1-3-28-22(17-10-6-4-7-11-17,18-12-8-5-9-13-18)20(27)24-16(2)19-14-26-21(25-19)29-15-23-26/h4-16H,3H2,1-2H3,(H,24,27)/t16-/m0/s1. The normalized spacial score (nSPS) is 12.8. The van der Waals surface area contributed by atoms with E-state index in [2.05, 4.69) is 15.4 Å². The van der Waals surface area contributed by atoms with Crippen LogP contribution in [0.25, 0.3) is 4.96 Å². The summed E-state index contributed by atoms with van der Waals surface area (Å²) >= 11 is 1.46. The number of nitrogens with zero attached hydrogens (tertiary/aromatic N) is 3. The average molecular weight is 407 g/mol. The molecule has 0 radical (unpaired) electrons. The van der Waals surface area contributed by atoms with Crippen molar-refractivity contribution in [2.24, 2.45) is 0 Å². The molecular formula is C22H22N4O2S. The van der Waals surface area contributed by atoms with Crippen LogP contribution in [0.3, 0.4) is 0 Å². The van der Waals surface area contributed by atoms with E-state index in [1.807, 2.05) is 80.7 Å². The summed E-state index contributed by atoms with van der Waals surface area (Å²) in [6.45, 7) is 4.19. The molecule has 0 bridgehead atoms. The minimum Gasteiger partial charge on any atom is -0.356 e. The summed E-state index contributed by atoms with van der Waals surface area (Å²) in [6, 6.07) is 18.9. The van der Waals surface area contributed by atoms with Crippen LogP contribution in [0.5, 0.6) is 0 Å². The molecule has 148 valence electrons. The van der Waals surface area contributed by atoms with Gasteiger partial charge in [-0.05, 0) is 25.0 Å². The Balaban J connectivity index is 1.73. The molecule has 1 amide bonds. The van der Waals surface area contributed by atoms with Crippen molar-refractivity contribution in [3.8, 4) is 0 Å². The van der Waals surface area contributed by atoms with Gasteiger partial charge in [-0.2, -0.15) is 5.10 Å². The number of aromatic nitrogens is 3. The monoisotopic (exact) mass is 406 g/mol. The van der Waals surface area contributed by atoms with Crippen molar-refractivity contribution in [3.63, 3.8) is 0 Å². The number of nitrogens with one attached hydrogen (secondary N) is 1. The van der Waals surface area contributed by atoms with E-state index >= 15 is 0 Å². The van der Waals surface area contributed by atoms with E-state index in [4.69, 9.17) is 4.74 Å². The number of fused-ring (bicyclic) bond motifs is 1. The molecule has 0 saturated carbocycles. The molecular weight excluding hydrogens is 384 g/mol. The molecule has 2 aromatic carbocycles. The molecule has 0 saturated heterocycles. The number of rotatable bonds is 7. The topological polar surface area (TPSA) is 68.5 Å². The maximum absolute atomic E-state index is 13.7. The zero-order valence-corrected chi connectivity index (χ0v) is 17.1. The van der Waals surface area contributed by atoms with E-state index in [1.165, 1.54) is 11.3 Å². The maximum Gasteiger partial charge on any atom is 0.262 e. The number of hydrogen-bond acceptors (Lipinski definition) is 5. The van der Waals surface area contributed by atoms with E-state index < -0.39 is 5.60 Å². The van der Waals surface area contributed by atoms with Gasteiger partial charge in [0, 0.05) is 6.61 Å². The second kappa shape index (κ2) is 8.14. The number of benzene rings is 2. The Labute approximate surface area is 173 Å². The first-order valence-electron chi connectivity index (χ1n) is 9.50. The Morgan fingerprint density at radius 3 is 2.31 bits per heavy atom. The molecule has 7 heteroatoms. The molecule has 2 heterocycles. The van der Waals surface area contributed by atoms with Crippen LogP contribution in [-0.4, -0.2) is 27.1 Å². The first-order valence-corrected chi connectivity index (χ1v) is 10.4. The minimum atomic E-state index is -1.25. The third kappa shape index (κ3) is 3.54. The lowest BCUT2D eigenvalue weighted by atomic mass is 9.84. The molecule has 4 aromatic rings. The van der Waals surface area contributed by atoms with Gasteiger partial charge in [-0.1, -0.05) is 72.0 Å². The van der Waals surface area contributed by atoms with Crippen LogP contribution in [0.4, 0.5) is 0 Å². The number of carbonyl (C=O) groups excluding carboxylic acids is 1. The zero-order valence-electron chi connectivity index (χ0n) is 16.3. The summed E-state index contributed by atoms with van der Waals surface area (Å²) in [5.74, 6) is -0.228. The number of carbonyl (C=O) groups is 1. The lowest BCUT2D eigenvalue weighted by Gasteiger charge is -2.34. The third-order valence-electron chi connectivity index (χ3n) is 4.84. The van der Waals surface area contributed by atoms with Gasteiger partial charge >= 0.3 is 0 Å². The first kappa shape index (κ1) is 19.3. The first-order chi connectivity index (χ1) is 14.1. The highest BCUT2D eigenvalue weighted by Crippen LogP contribution is 2.35. The molecule has 1 atom stereocenters. The Kier molecular flexibility index (Phi) is 5.42. The van der Waals surface area contributed by atoms with Gasteiger partial charge in [0.05, 0.1) is 17.9 Å². The van der Waals surface area contributed by atoms with Crippen LogP contribution >= 0.6 is 11.3 Å². The van der Waals surface area contributed by atoms with E-state index in [0.29, 0.717) is 6.61 Å². The van der Waals surface area contributed by atoms with Crippen LogP contribution in [0.1, 0.15) is 36.7 Å². The fourth-order valence-electron chi connectivity index (χ4n) is 3.46. The Morgan fingerprint density at radius 1 is 1.14 bits per heavy atom. The average Bonchev–Trinajstić information content (AvgIpc) is 3.36. The van der Waals surface area contributed by atoms with Gasteiger partial charge in [0.25, 0.3) is 5.91 Å². The molecule has 0 aliphatic rings. The van der Waals surface area contributed by atoms with E-state index in [0.717, 1.165) is 21.8 Å². The molecule has 0 unspecified atom stereocenters. The van der Waals surface area contributed by atoms with Gasteiger partial charge in [-0.15, -0.1) is 0 Å². The Morgan fingerprint density at radius 2 is 1.76 bits per heavy atom. The van der Waals surface area contributed by atoms with Gasteiger partial charge < -0.3 is 10.1 Å². The smallest absolute Gasteiger partial charge is 0.262 e. The van der Waals surface area contributed by atoms with Crippen molar-refractivity contribution < 1.29 is 9.53 Å². The second-order valence-electron chi connectivity index (χ2n) is 6.67. The summed E-state index contributed by atoms with van der Waals surface area (Å²) in [6.07, 6.45) is 1.84. The van der Waals surface area contributed by atoms with Gasteiger partial charge in [0.15, 0.2) is 5.60 Å². The Hall–Kier alpha value is -3.03. The predicted molar refractivity (Wildman–Crippen MR) is 113 cm³/mol. The van der Waals surface area contributed by atoms with Gasteiger partial charge in [0.2, 0.25) is 4.96 Å². The SMILES string of the molecule is CCOC(C(=O)N[C@@H](C)c1cn2ncsc2n1)(c1ccccc1)c1ccccc1. The second-order valence-corrected chi connectivity index (χ2v) is 7.48. The predicted octanol–water partition coefficient (Wildman–Crippen LogP) is 3.95. The highest BCUT2D eigenvalue weighted by molar-refractivity contribution is 7.14. The molecule has 0 fully saturated rings. The molecule has 0 spiro atoms. The molecule has 29 heavy (non-hydrogen) atoms. The maximum atomic E-state index is 13.7. The summed E-state index contributed by atoms with van der Waals surface area (Å²) < 4.78 is 7.91. The number of imidazole rings is 1. The largest absolute Gasteiger partial charge is 0.356 e. The molecule has 2 aromatic heterocycles. The van der Waals surface area contributed by atoms with Crippen molar-refractivity contribution in [3.05, 3.63) is 89.2 Å². The highest BCUT2D eigenvalue weighted by atomic mass is 32.1. The van der Waals surface area contributed by atoms with Crippen molar-refractivity contribution in [1.82, 2.24) is 19.9 Å².